The molecular weight excluding hydrogens is 371 g/mol. The quantitative estimate of drug-likeness (QED) is 0.856. The standard InChI is InChI=1S/C13H12BrClF3N3/c1-2-21-12(10(15)6-20-21)11(19)8-5-7(13(16,17)18)3-4-9(8)14/h3-6,11H,2,19H2,1H3. The first kappa shape index (κ1) is 16.3. The molecule has 1 aromatic heterocycles. The number of aryl methyl sites for hydroxylation is 1. The summed E-state index contributed by atoms with van der Waals surface area (Å²) < 4.78 is 40.5. The van der Waals surface area contributed by atoms with Crippen molar-refractivity contribution in [3.05, 3.63) is 50.7 Å². The minimum Gasteiger partial charge on any atom is -0.319 e. The number of hydrogen-bond acceptors (Lipinski definition) is 2. The molecule has 0 saturated heterocycles. The molecule has 2 N–H and O–H groups in total. The molecule has 1 aromatic carbocycles. The Hall–Kier alpha value is -1.05. The van der Waals surface area contributed by atoms with Gasteiger partial charge in [-0.1, -0.05) is 27.5 Å². The second kappa shape index (κ2) is 5.98. The van der Waals surface area contributed by atoms with Crippen LogP contribution in [-0.2, 0) is 12.7 Å². The smallest absolute Gasteiger partial charge is 0.319 e. The molecular formula is C13H12BrClF3N3. The van der Waals surface area contributed by atoms with Crippen LogP contribution in [0.1, 0.15) is 29.8 Å². The molecule has 2 aromatic rings. The highest BCUT2D eigenvalue weighted by Crippen LogP contribution is 2.36. The van der Waals surface area contributed by atoms with E-state index in [0.29, 0.717) is 27.3 Å². The molecule has 0 aliphatic carbocycles. The molecule has 0 amide bonds. The monoisotopic (exact) mass is 381 g/mol. The van der Waals surface area contributed by atoms with Crippen LogP contribution in [0.5, 0.6) is 0 Å². The zero-order valence-corrected chi connectivity index (χ0v) is 13.3. The third kappa shape index (κ3) is 3.25. The first-order valence-electron chi connectivity index (χ1n) is 6.09. The molecule has 21 heavy (non-hydrogen) atoms. The van der Waals surface area contributed by atoms with Gasteiger partial charge in [-0.05, 0) is 30.7 Å². The van der Waals surface area contributed by atoms with Crippen LogP contribution in [0.4, 0.5) is 13.2 Å². The van der Waals surface area contributed by atoms with E-state index < -0.39 is 17.8 Å². The summed E-state index contributed by atoms with van der Waals surface area (Å²) in [5.74, 6) is 0. The van der Waals surface area contributed by atoms with Crippen molar-refractivity contribution in [2.24, 2.45) is 5.73 Å². The van der Waals surface area contributed by atoms with E-state index in [-0.39, 0.29) is 0 Å². The molecule has 0 bridgehead atoms. The third-order valence-corrected chi connectivity index (χ3v) is 4.10. The van der Waals surface area contributed by atoms with Crippen LogP contribution in [0.25, 0.3) is 0 Å². The average molecular weight is 383 g/mol. The van der Waals surface area contributed by atoms with Gasteiger partial charge in [0, 0.05) is 11.0 Å². The lowest BCUT2D eigenvalue weighted by atomic mass is 10.0. The lowest BCUT2D eigenvalue weighted by molar-refractivity contribution is -0.137. The van der Waals surface area contributed by atoms with Gasteiger partial charge < -0.3 is 5.73 Å². The summed E-state index contributed by atoms with van der Waals surface area (Å²) in [5.41, 5.74) is 6.15. The zero-order chi connectivity index (χ0) is 15.8. The molecule has 2 rings (SSSR count). The van der Waals surface area contributed by atoms with Crippen LogP contribution < -0.4 is 5.73 Å². The number of halogens is 5. The molecule has 114 valence electrons. The summed E-state index contributed by atoms with van der Waals surface area (Å²) >= 11 is 9.28. The molecule has 0 radical (unpaired) electrons. The maximum Gasteiger partial charge on any atom is 0.416 e. The predicted octanol–water partition coefficient (Wildman–Crippen LogP) is 4.39. The summed E-state index contributed by atoms with van der Waals surface area (Å²) in [5, 5.41) is 4.38. The van der Waals surface area contributed by atoms with Crippen LogP contribution in [0.15, 0.2) is 28.9 Å². The van der Waals surface area contributed by atoms with Gasteiger partial charge in [0.05, 0.1) is 28.5 Å². The number of rotatable bonds is 3. The van der Waals surface area contributed by atoms with Gasteiger partial charge in [-0.2, -0.15) is 18.3 Å². The summed E-state index contributed by atoms with van der Waals surface area (Å²) in [6.07, 6.45) is -2.99. The van der Waals surface area contributed by atoms with Crippen LogP contribution in [-0.4, -0.2) is 9.78 Å². The van der Waals surface area contributed by atoms with E-state index >= 15 is 0 Å². The lowest BCUT2D eigenvalue weighted by Crippen LogP contribution is -2.19. The second-order valence-electron chi connectivity index (χ2n) is 4.41. The summed E-state index contributed by atoms with van der Waals surface area (Å²) in [6.45, 7) is 2.37. The summed E-state index contributed by atoms with van der Waals surface area (Å²) in [7, 11) is 0. The highest BCUT2D eigenvalue weighted by molar-refractivity contribution is 9.10. The SMILES string of the molecule is CCn1ncc(Cl)c1C(N)c1cc(C(F)(F)F)ccc1Br. The fourth-order valence-corrected chi connectivity index (χ4v) is 2.79. The van der Waals surface area contributed by atoms with E-state index in [0.717, 1.165) is 12.1 Å². The van der Waals surface area contributed by atoms with Crippen molar-refractivity contribution in [3.8, 4) is 0 Å². The van der Waals surface area contributed by atoms with E-state index in [1.165, 1.54) is 12.3 Å². The number of aromatic nitrogens is 2. The maximum atomic E-state index is 12.8. The van der Waals surface area contributed by atoms with Crippen LogP contribution in [0, 0.1) is 0 Å². The largest absolute Gasteiger partial charge is 0.416 e. The normalized spacial score (nSPS) is 13.5. The topological polar surface area (TPSA) is 43.8 Å². The van der Waals surface area contributed by atoms with Crippen LogP contribution in [0.2, 0.25) is 5.02 Å². The number of nitrogens with two attached hydrogens (primary N) is 1. The molecule has 0 fully saturated rings. The summed E-state index contributed by atoms with van der Waals surface area (Å²) in [4.78, 5) is 0. The van der Waals surface area contributed by atoms with E-state index in [1.54, 1.807) is 4.68 Å². The highest BCUT2D eigenvalue weighted by atomic mass is 79.9. The minimum atomic E-state index is -4.43. The van der Waals surface area contributed by atoms with Gasteiger partial charge >= 0.3 is 6.18 Å². The van der Waals surface area contributed by atoms with E-state index in [9.17, 15) is 13.2 Å². The Bertz CT molecular complexity index is 655. The Labute approximate surface area is 133 Å². The molecule has 3 nitrogen and oxygen atoms in total. The van der Waals surface area contributed by atoms with Crippen molar-refractivity contribution in [1.29, 1.82) is 0 Å². The molecule has 0 spiro atoms. The fourth-order valence-electron chi connectivity index (χ4n) is 2.04. The van der Waals surface area contributed by atoms with Crippen molar-refractivity contribution in [3.63, 3.8) is 0 Å². The number of hydrogen-bond donors (Lipinski definition) is 1. The predicted molar refractivity (Wildman–Crippen MR) is 78.1 cm³/mol. The van der Waals surface area contributed by atoms with Crippen LogP contribution >= 0.6 is 27.5 Å². The van der Waals surface area contributed by atoms with Gasteiger partial charge in [-0.15, -0.1) is 0 Å². The van der Waals surface area contributed by atoms with Gasteiger partial charge in [0.2, 0.25) is 0 Å². The Kier molecular flexibility index (Phi) is 4.65. The fraction of sp³-hybridized carbons (Fsp3) is 0.308. The van der Waals surface area contributed by atoms with E-state index in [2.05, 4.69) is 21.0 Å². The van der Waals surface area contributed by atoms with Gasteiger partial charge in [0.1, 0.15) is 0 Å². The molecule has 0 aliphatic rings. The Morgan fingerprint density at radius 3 is 2.67 bits per heavy atom. The molecule has 0 aliphatic heterocycles. The maximum absolute atomic E-state index is 12.8. The van der Waals surface area contributed by atoms with Crippen molar-refractivity contribution < 1.29 is 13.2 Å². The highest BCUT2D eigenvalue weighted by Gasteiger charge is 2.32. The molecule has 0 saturated carbocycles. The Balaban J connectivity index is 2.52. The van der Waals surface area contributed by atoms with Crippen molar-refractivity contribution in [1.82, 2.24) is 9.78 Å². The van der Waals surface area contributed by atoms with E-state index in [1.807, 2.05) is 6.92 Å². The zero-order valence-electron chi connectivity index (χ0n) is 11.0. The third-order valence-electron chi connectivity index (χ3n) is 3.09. The lowest BCUT2D eigenvalue weighted by Gasteiger charge is -2.18. The van der Waals surface area contributed by atoms with Gasteiger partial charge in [-0.3, -0.25) is 4.68 Å². The number of benzene rings is 1. The van der Waals surface area contributed by atoms with Crippen molar-refractivity contribution in [2.75, 3.05) is 0 Å². The van der Waals surface area contributed by atoms with Crippen LogP contribution in [0.3, 0.4) is 0 Å². The molecule has 8 heteroatoms. The first-order chi connectivity index (χ1) is 9.75. The first-order valence-corrected chi connectivity index (χ1v) is 7.26. The number of alkyl halides is 3. The molecule has 1 unspecified atom stereocenters. The minimum absolute atomic E-state index is 0.307. The van der Waals surface area contributed by atoms with Gasteiger partial charge in [-0.25, -0.2) is 0 Å². The Morgan fingerprint density at radius 1 is 1.43 bits per heavy atom. The van der Waals surface area contributed by atoms with E-state index in [4.69, 9.17) is 17.3 Å². The number of nitrogens with zero attached hydrogens (tertiary/aromatic N) is 2. The van der Waals surface area contributed by atoms with Gasteiger partial charge in [0.15, 0.2) is 0 Å². The molecule has 1 heterocycles. The van der Waals surface area contributed by atoms with Gasteiger partial charge in [0.25, 0.3) is 0 Å². The average Bonchev–Trinajstić information content (AvgIpc) is 2.78. The van der Waals surface area contributed by atoms with Crippen molar-refractivity contribution >= 4 is 27.5 Å². The Morgan fingerprint density at radius 2 is 2.10 bits per heavy atom. The van der Waals surface area contributed by atoms with Crippen molar-refractivity contribution in [2.45, 2.75) is 25.7 Å². The molecule has 1 atom stereocenters. The summed E-state index contributed by atoms with van der Waals surface area (Å²) in [6, 6.07) is 2.55. The second-order valence-corrected chi connectivity index (χ2v) is 5.67.